The third-order valence-electron chi connectivity index (χ3n) is 3.54. The van der Waals surface area contributed by atoms with Gasteiger partial charge in [0.25, 0.3) is 11.7 Å². The molecule has 0 aliphatic carbocycles. The molecular weight excluding hydrogens is 276 g/mol. The molecule has 0 spiro atoms. The maximum absolute atomic E-state index is 11.4. The van der Waals surface area contributed by atoms with Crippen molar-refractivity contribution in [1.29, 1.82) is 0 Å². The van der Waals surface area contributed by atoms with E-state index in [0.717, 1.165) is 0 Å². The van der Waals surface area contributed by atoms with Crippen LogP contribution in [0.5, 0.6) is 0 Å². The first-order valence-corrected chi connectivity index (χ1v) is 6.58. The Hall–Kier alpha value is -2.64. The Morgan fingerprint density at radius 2 is 2.33 bits per heavy atom. The van der Waals surface area contributed by atoms with Crippen LogP contribution in [-0.2, 0) is 4.79 Å². The molecule has 1 N–H and O–H groups in total. The molecule has 110 valence electrons. The number of carbonyl (C=O) groups excluding carboxylic acids is 1. The average Bonchev–Trinajstić information content (AvgIpc) is 2.84. The Kier molecular flexibility index (Phi) is 3.20. The maximum atomic E-state index is 11.4. The number of likely N-dealkylation sites (tertiary alicyclic amines) is 1. The van der Waals surface area contributed by atoms with Gasteiger partial charge in [-0.3, -0.25) is 14.9 Å². The Balaban J connectivity index is 1.78. The summed E-state index contributed by atoms with van der Waals surface area (Å²) in [4.78, 5) is 27.6. The summed E-state index contributed by atoms with van der Waals surface area (Å²) in [5, 5.41) is 13.9. The van der Waals surface area contributed by atoms with E-state index in [4.69, 9.17) is 4.42 Å². The predicted molar refractivity (Wildman–Crippen MR) is 74.9 cm³/mol. The van der Waals surface area contributed by atoms with E-state index in [9.17, 15) is 14.9 Å². The molecule has 0 bridgehead atoms. The minimum atomic E-state index is -0.469. The van der Waals surface area contributed by atoms with Gasteiger partial charge in [0.1, 0.15) is 5.52 Å². The van der Waals surface area contributed by atoms with Crippen molar-refractivity contribution in [2.75, 3.05) is 18.9 Å². The van der Waals surface area contributed by atoms with Crippen LogP contribution in [0.3, 0.4) is 0 Å². The van der Waals surface area contributed by atoms with Crippen molar-refractivity contribution in [3.8, 4) is 0 Å². The van der Waals surface area contributed by atoms with Crippen LogP contribution >= 0.6 is 0 Å². The molecule has 1 aliphatic rings. The standard InChI is InChI=1S/C13H14N4O4/c1-16-7-8(2-5-12(16)18)14-13-15-10-6-9(17(19)20)3-4-11(10)21-13/h3-4,6,8H,2,5,7H2,1H3,(H,14,15). The molecule has 8 heteroatoms. The Morgan fingerprint density at radius 3 is 3.05 bits per heavy atom. The summed E-state index contributed by atoms with van der Waals surface area (Å²) in [5.74, 6) is 0.126. The number of benzene rings is 1. The number of anilines is 1. The van der Waals surface area contributed by atoms with E-state index in [1.54, 1.807) is 11.9 Å². The smallest absolute Gasteiger partial charge is 0.295 e. The molecule has 2 aromatic rings. The van der Waals surface area contributed by atoms with Gasteiger partial charge in [0, 0.05) is 38.2 Å². The van der Waals surface area contributed by atoms with E-state index in [1.165, 1.54) is 18.2 Å². The number of oxazole rings is 1. The van der Waals surface area contributed by atoms with Gasteiger partial charge in [-0.25, -0.2) is 0 Å². The lowest BCUT2D eigenvalue weighted by Gasteiger charge is -2.29. The van der Waals surface area contributed by atoms with Gasteiger partial charge in [0.15, 0.2) is 5.58 Å². The molecule has 1 aromatic heterocycles. The third-order valence-corrected chi connectivity index (χ3v) is 3.54. The molecular formula is C13H14N4O4. The topological polar surface area (TPSA) is 102 Å². The van der Waals surface area contributed by atoms with Gasteiger partial charge in [0.05, 0.1) is 4.92 Å². The number of fused-ring (bicyclic) bond motifs is 1. The number of likely N-dealkylation sites (N-methyl/N-ethyl adjacent to an activating group) is 1. The van der Waals surface area contributed by atoms with Crippen molar-refractivity contribution in [2.45, 2.75) is 18.9 Å². The molecule has 3 rings (SSSR count). The fraction of sp³-hybridized carbons (Fsp3) is 0.385. The zero-order valence-corrected chi connectivity index (χ0v) is 11.4. The Bertz CT molecular complexity index is 711. The lowest BCUT2D eigenvalue weighted by atomic mass is 10.1. The van der Waals surface area contributed by atoms with Crippen molar-refractivity contribution in [1.82, 2.24) is 9.88 Å². The van der Waals surface area contributed by atoms with E-state index in [-0.39, 0.29) is 17.6 Å². The summed E-state index contributed by atoms with van der Waals surface area (Å²) in [5.41, 5.74) is 0.903. The molecule has 0 radical (unpaired) electrons. The zero-order valence-electron chi connectivity index (χ0n) is 11.4. The second-order valence-electron chi connectivity index (χ2n) is 5.08. The monoisotopic (exact) mass is 290 g/mol. The molecule has 1 unspecified atom stereocenters. The Labute approximate surface area is 119 Å². The van der Waals surface area contributed by atoms with Crippen LogP contribution in [0.25, 0.3) is 11.1 Å². The molecule has 8 nitrogen and oxygen atoms in total. The second-order valence-corrected chi connectivity index (χ2v) is 5.08. The minimum absolute atomic E-state index is 0.0228. The number of non-ortho nitro benzene ring substituents is 1. The number of hydrogen-bond acceptors (Lipinski definition) is 6. The molecule has 1 fully saturated rings. The highest BCUT2D eigenvalue weighted by Crippen LogP contribution is 2.24. The number of carbonyl (C=O) groups is 1. The molecule has 1 amide bonds. The number of hydrogen-bond donors (Lipinski definition) is 1. The summed E-state index contributed by atoms with van der Waals surface area (Å²) < 4.78 is 5.52. The van der Waals surface area contributed by atoms with E-state index in [0.29, 0.717) is 36.5 Å². The molecule has 1 atom stereocenters. The molecule has 1 aliphatic heterocycles. The van der Waals surface area contributed by atoms with Crippen LogP contribution in [0.1, 0.15) is 12.8 Å². The zero-order chi connectivity index (χ0) is 15.0. The highest BCUT2D eigenvalue weighted by Gasteiger charge is 2.24. The van der Waals surface area contributed by atoms with Crippen molar-refractivity contribution < 1.29 is 14.1 Å². The highest BCUT2D eigenvalue weighted by molar-refractivity contribution is 5.78. The van der Waals surface area contributed by atoms with Crippen LogP contribution < -0.4 is 5.32 Å². The molecule has 0 saturated carbocycles. The summed E-state index contributed by atoms with van der Waals surface area (Å²) in [7, 11) is 1.76. The SMILES string of the molecule is CN1CC(Nc2nc3cc([N+](=O)[O-])ccc3o2)CCC1=O. The lowest BCUT2D eigenvalue weighted by Crippen LogP contribution is -2.43. The lowest BCUT2D eigenvalue weighted by molar-refractivity contribution is -0.384. The van der Waals surface area contributed by atoms with Crippen LogP contribution in [-0.4, -0.2) is 40.3 Å². The predicted octanol–water partition coefficient (Wildman–Crippen LogP) is 1.77. The quantitative estimate of drug-likeness (QED) is 0.682. The van der Waals surface area contributed by atoms with E-state index >= 15 is 0 Å². The van der Waals surface area contributed by atoms with Gasteiger partial charge in [-0.05, 0) is 12.5 Å². The number of nitro groups is 1. The average molecular weight is 290 g/mol. The first-order valence-electron chi connectivity index (χ1n) is 6.58. The van der Waals surface area contributed by atoms with Crippen LogP contribution in [0.4, 0.5) is 11.7 Å². The number of amides is 1. The summed E-state index contributed by atoms with van der Waals surface area (Å²) in [6, 6.07) is 4.67. The second kappa shape index (κ2) is 5.04. The van der Waals surface area contributed by atoms with E-state index in [2.05, 4.69) is 10.3 Å². The largest absolute Gasteiger partial charge is 0.424 e. The Morgan fingerprint density at radius 1 is 1.52 bits per heavy atom. The third kappa shape index (κ3) is 2.64. The van der Waals surface area contributed by atoms with Crippen molar-refractivity contribution in [3.05, 3.63) is 28.3 Å². The van der Waals surface area contributed by atoms with E-state index in [1.807, 2.05) is 0 Å². The highest BCUT2D eigenvalue weighted by atomic mass is 16.6. The van der Waals surface area contributed by atoms with Gasteiger partial charge in [-0.2, -0.15) is 4.98 Å². The first kappa shape index (κ1) is 13.3. The van der Waals surface area contributed by atoms with Gasteiger partial charge in [0.2, 0.25) is 5.91 Å². The molecule has 21 heavy (non-hydrogen) atoms. The minimum Gasteiger partial charge on any atom is -0.424 e. The summed E-state index contributed by atoms with van der Waals surface area (Å²) in [6.45, 7) is 0.581. The maximum Gasteiger partial charge on any atom is 0.295 e. The fourth-order valence-electron chi connectivity index (χ4n) is 2.40. The number of nitrogens with one attached hydrogen (secondary N) is 1. The summed E-state index contributed by atoms with van der Waals surface area (Å²) >= 11 is 0. The van der Waals surface area contributed by atoms with Crippen molar-refractivity contribution >= 4 is 28.7 Å². The number of piperidine rings is 1. The van der Waals surface area contributed by atoms with Crippen LogP contribution in [0.2, 0.25) is 0 Å². The molecule has 1 saturated heterocycles. The molecule has 1 aromatic carbocycles. The summed E-state index contributed by atoms with van der Waals surface area (Å²) in [6.07, 6.45) is 1.20. The van der Waals surface area contributed by atoms with Gasteiger partial charge in [-0.15, -0.1) is 0 Å². The fourth-order valence-corrected chi connectivity index (χ4v) is 2.40. The van der Waals surface area contributed by atoms with Gasteiger partial charge in [-0.1, -0.05) is 0 Å². The van der Waals surface area contributed by atoms with Crippen molar-refractivity contribution in [2.24, 2.45) is 0 Å². The molecule has 2 heterocycles. The number of nitro benzene ring substituents is 1. The number of rotatable bonds is 3. The van der Waals surface area contributed by atoms with Crippen molar-refractivity contribution in [3.63, 3.8) is 0 Å². The van der Waals surface area contributed by atoms with Gasteiger partial charge < -0.3 is 14.6 Å². The first-order chi connectivity index (χ1) is 10.0. The van der Waals surface area contributed by atoms with Crippen LogP contribution in [0, 0.1) is 10.1 Å². The van der Waals surface area contributed by atoms with E-state index < -0.39 is 4.92 Å². The number of aromatic nitrogens is 1. The normalized spacial score (nSPS) is 19.0. The van der Waals surface area contributed by atoms with Gasteiger partial charge >= 0.3 is 0 Å². The van der Waals surface area contributed by atoms with Crippen LogP contribution in [0.15, 0.2) is 22.6 Å². The number of nitrogens with zero attached hydrogens (tertiary/aromatic N) is 3.